The molecule has 0 spiro atoms. The first kappa shape index (κ1) is 63.3. The first-order valence-electron chi connectivity index (χ1n) is 7.62. The zero-order chi connectivity index (χ0) is 28.2. The predicted octanol–water partition coefficient (Wildman–Crippen LogP) is -7.54. The summed E-state index contributed by atoms with van der Waals surface area (Å²) in [5.41, 5.74) is -6.02. The van der Waals surface area contributed by atoms with Gasteiger partial charge in [0.2, 0.25) is 0 Å². The van der Waals surface area contributed by atoms with Crippen LogP contribution in [-0.4, -0.2) is 58.9 Å². The molecular weight excluding hydrogens is 1530 g/mol. The summed E-state index contributed by atoms with van der Waals surface area (Å²) >= 11 is 0. The van der Waals surface area contributed by atoms with E-state index in [-0.39, 0.29) is 157 Å². The summed E-state index contributed by atoms with van der Waals surface area (Å²) < 4.78 is 15.6. The minimum Gasteiger partial charge on any atom is -0.655 e. The van der Waals surface area contributed by atoms with E-state index in [0.717, 1.165) is 0 Å². The molecule has 0 N–H and O–H groups in total. The maximum atomic E-state index is 10.5. The molecule has 209 valence electrons. The van der Waals surface area contributed by atoms with Crippen molar-refractivity contribution in [3.8, 4) is 0 Å². The Hall–Kier alpha value is 0.0117. The van der Waals surface area contributed by atoms with E-state index in [1.807, 2.05) is 0 Å². The molecule has 0 saturated heterocycles. The molecule has 0 unspecified atom stereocenters. The summed E-state index contributed by atoms with van der Waals surface area (Å²) in [4.78, 5) is 110. The van der Waals surface area contributed by atoms with Crippen molar-refractivity contribution >= 4 is 25.9 Å². The largest absolute Gasteiger partial charge is 2.00 e. The molecule has 0 aliphatic carbocycles. The molecule has 0 bridgehead atoms. The van der Waals surface area contributed by atoms with Gasteiger partial charge in [0.1, 0.15) is 17.1 Å². The first-order chi connectivity index (χ1) is 16.4. The molecule has 2 aromatic heterocycles. The van der Waals surface area contributed by atoms with Gasteiger partial charge in [-0.25, -0.2) is 0 Å². The second-order valence-corrected chi connectivity index (χ2v) is 3.96. The molecule has 0 aliphatic heterocycles. The second-order valence-electron chi connectivity index (χ2n) is 3.96. The molecule has 2 aromatic rings. The Bertz CT molecular complexity index is 1050. The van der Waals surface area contributed by atoms with Crippen LogP contribution in [0.2, 0.25) is 0 Å². The van der Waals surface area contributed by atoms with Crippen molar-refractivity contribution in [1.29, 1.82) is 0 Å². The Morgan fingerprint density at radius 3 is 0.775 bits per heavy atom. The Balaban J connectivity index is -0.0000000424. The van der Waals surface area contributed by atoms with Gasteiger partial charge >= 0.3 is 124 Å². The Kier molecular flexibility index (Phi) is 77.1. The number of hydrogen-bond acceptors (Lipinski definition) is 14. The van der Waals surface area contributed by atoms with Gasteiger partial charge in [0.25, 0.3) is 0 Å². The molecule has 0 aliphatic rings. The Morgan fingerprint density at radius 2 is 0.625 bits per heavy atom. The van der Waals surface area contributed by atoms with Crippen LogP contribution in [0, 0.1) is 124 Å². The minimum atomic E-state index is -1.08. The summed E-state index contributed by atoms with van der Waals surface area (Å²) in [7, 11) is 6.23. The number of hydrogen-bond donors (Lipinski definition) is 0. The summed E-state index contributed by atoms with van der Waals surface area (Å²) in [5, 5.41) is 0. The van der Waals surface area contributed by atoms with E-state index in [1.165, 1.54) is 61.4 Å². The third-order valence-electron chi connectivity index (χ3n) is 1.86. The number of nitrogens with zero attached hydrogens (tertiary/aromatic N) is 6. The fourth-order valence-corrected chi connectivity index (χ4v) is 0.741. The number of methoxy groups -OCH3 is 4. The molecular formula is C15H15N6O14U4Y-. The molecule has 0 fully saturated rings. The van der Waals surface area contributed by atoms with Crippen molar-refractivity contribution in [2.75, 3.05) is 28.4 Å². The molecule has 0 saturated carbocycles. The molecule has 25 heteroatoms. The van der Waals surface area contributed by atoms with Crippen molar-refractivity contribution in [3.05, 3.63) is 62.9 Å². The third-order valence-corrected chi connectivity index (χ3v) is 1.86. The fraction of sp³-hybridized carbons (Fsp3) is 0.333. The molecule has 2 heterocycles. The van der Waals surface area contributed by atoms with E-state index in [0.29, 0.717) is 4.57 Å². The number of carbonyl (C=O) groups excluding carboxylic acids is 4. The van der Waals surface area contributed by atoms with Crippen molar-refractivity contribution in [2.24, 2.45) is 7.05 Å². The second kappa shape index (κ2) is 48.7. The third kappa shape index (κ3) is 50.8. The van der Waals surface area contributed by atoms with Crippen LogP contribution in [0.3, 0.4) is 0 Å². The average Bonchev–Trinajstić information content (AvgIpc) is 2.82. The molecule has 0 amide bonds. The van der Waals surface area contributed by atoms with Crippen LogP contribution in [0.25, 0.3) is 0 Å². The summed E-state index contributed by atoms with van der Waals surface area (Å²) in [6.45, 7) is 4.72. The van der Waals surface area contributed by atoms with Crippen LogP contribution in [-0.2, 0) is 77.9 Å². The molecule has 0 aromatic carbocycles. The minimum absolute atomic E-state index is 0. The number of aromatic nitrogens is 6. The maximum absolute atomic E-state index is 10.5. The monoisotopic (exact) mass is 1540 g/mol. The van der Waals surface area contributed by atoms with Crippen molar-refractivity contribution in [3.63, 3.8) is 0 Å². The first-order valence-corrected chi connectivity index (χ1v) is 7.62. The van der Waals surface area contributed by atoms with E-state index in [4.69, 9.17) is 19.2 Å². The van der Waals surface area contributed by atoms with Crippen LogP contribution in [0.1, 0.15) is 0 Å². The van der Waals surface area contributed by atoms with Gasteiger partial charge in [0.05, 0.1) is 0 Å². The topological polar surface area (TPSA) is 283 Å². The summed E-state index contributed by atoms with van der Waals surface area (Å²) in [6, 6.07) is 0. The van der Waals surface area contributed by atoms with Gasteiger partial charge in [-0.1, -0.05) is 32.9 Å². The predicted molar refractivity (Wildman–Crippen MR) is 107 cm³/mol. The summed E-state index contributed by atoms with van der Waals surface area (Å²) in [5.74, 6) is 0. The van der Waals surface area contributed by atoms with E-state index in [2.05, 4.69) is 43.9 Å². The molecule has 40 heavy (non-hydrogen) atoms. The molecule has 20 nitrogen and oxygen atoms in total. The van der Waals surface area contributed by atoms with Crippen molar-refractivity contribution in [2.45, 2.75) is 0 Å². The molecule has 2 rings (SSSR count). The Labute approximate surface area is 343 Å². The maximum Gasteiger partial charge on any atom is 2.00 e. The quantitative estimate of drug-likeness (QED) is 0.203. The van der Waals surface area contributed by atoms with Gasteiger partial charge in [0.15, 0.2) is 0 Å². The van der Waals surface area contributed by atoms with Crippen LogP contribution in [0.15, 0.2) is 28.8 Å². The van der Waals surface area contributed by atoms with Gasteiger partial charge in [-0.2, -0.15) is 0 Å². The van der Waals surface area contributed by atoms with Crippen LogP contribution in [0.5, 0.6) is 0 Å². The van der Waals surface area contributed by atoms with E-state index in [9.17, 15) is 28.8 Å². The number of rotatable bonds is 4. The van der Waals surface area contributed by atoms with E-state index >= 15 is 0 Å². The van der Waals surface area contributed by atoms with Gasteiger partial charge in [-0.05, 0) is 17.1 Å². The number of ether oxygens (including phenoxy) is 4. The average molecular weight is 1540 g/mol. The van der Waals surface area contributed by atoms with Gasteiger partial charge in [0, 0.05) is 61.1 Å². The van der Waals surface area contributed by atoms with E-state index < -0.39 is 34.1 Å². The summed E-state index contributed by atoms with van der Waals surface area (Å²) in [6.07, 6.45) is 0. The normalized spacial score (nSPS) is 6.62. The zero-order valence-electron chi connectivity index (χ0n) is 21.0. The Morgan fingerprint density at radius 1 is 0.475 bits per heavy atom. The van der Waals surface area contributed by atoms with Crippen LogP contribution >= 0.6 is 0 Å². The molecule has 1 radical (unpaired) electrons. The van der Waals surface area contributed by atoms with Crippen LogP contribution in [0.4, 0.5) is 0 Å². The van der Waals surface area contributed by atoms with Crippen molar-refractivity contribution < 1.29 is 195 Å². The van der Waals surface area contributed by atoms with Gasteiger partial charge in [-0.3, -0.25) is 0 Å². The zero-order valence-corrected chi connectivity index (χ0v) is 40.5. The van der Waals surface area contributed by atoms with Gasteiger partial charge in [-0.15, -0.1) is 0 Å². The SMILES string of the molecule is CO[C-]=O.CO[C-]=O.CO[C-]=O.CO[C-]=O.Cn1c(=O)[n-]c(=O)[n-]c1=O.O=c1[n-]c(=O)[n-]c(=O)[n-]1.[U+2].[U+2].[U+2].[U+2].[Y]. The van der Waals surface area contributed by atoms with Crippen molar-refractivity contribution in [1.82, 2.24) is 29.5 Å². The standard InChI is InChI=1S/C4H5N3O3.C3H3N3O3.4C2H3O2.4U.Y/c1-7-3(9)5-2(8)6-4(7)10;7-1-4-2(8)6-3(9)5-1;4*1-4-2-3;;;;;/h1H3,(H2,5,6,8,9,10);(H3,4,5,6,7,8,9);4*1H3;;;;;/q;;4*-1;4*+2;/p-5. The smallest absolute Gasteiger partial charge is 0.655 e. The molecule has 0 atom stereocenters. The van der Waals surface area contributed by atoms with E-state index in [1.54, 1.807) is 0 Å². The fourth-order valence-electron chi connectivity index (χ4n) is 0.741. The van der Waals surface area contributed by atoms with Crippen LogP contribution < -0.4 is 59.1 Å². The van der Waals surface area contributed by atoms with Gasteiger partial charge < -0.3 is 96.4 Å².